The molecule has 0 aromatic rings. The summed E-state index contributed by atoms with van der Waals surface area (Å²) in [4.78, 5) is 22.7. The molecule has 0 aromatic heterocycles. The summed E-state index contributed by atoms with van der Waals surface area (Å²) in [7, 11) is 0. The van der Waals surface area contributed by atoms with Crippen molar-refractivity contribution in [3.8, 4) is 0 Å². The molecule has 0 heterocycles. The summed E-state index contributed by atoms with van der Waals surface area (Å²) in [5.74, 6) is -0.658. The predicted molar refractivity (Wildman–Crippen MR) is 209 cm³/mol. The summed E-state index contributed by atoms with van der Waals surface area (Å²) < 4.78 is 5.66. The van der Waals surface area contributed by atoms with Crippen LogP contribution in [0.2, 0.25) is 0 Å². The van der Waals surface area contributed by atoms with Crippen LogP contribution in [0.1, 0.15) is 239 Å². The number of ether oxygens (including phenoxy) is 1. The second-order valence-corrected chi connectivity index (χ2v) is 14.6. The number of hydrogen-bond donors (Lipinski definition) is 1. The van der Waals surface area contributed by atoms with Crippen LogP contribution in [0.3, 0.4) is 0 Å². The van der Waals surface area contributed by atoms with Crippen molar-refractivity contribution in [3.63, 3.8) is 0 Å². The molecular weight excluding hydrogens is 592 g/mol. The van der Waals surface area contributed by atoms with E-state index in [1.54, 1.807) is 0 Å². The van der Waals surface area contributed by atoms with E-state index in [1.807, 2.05) is 0 Å². The first-order valence-electron chi connectivity index (χ1n) is 21.3. The van der Waals surface area contributed by atoms with Crippen molar-refractivity contribution in [3.05, 3.63) is 24.3 Å². The Labute approximate surface area is 299 Å². The highest BCUT2D eigenvalue weighted by molar-refractivity contribution is 5.69. The average molecular weight is 675 g/mol. The van der Waals surface area contributed by atoms with Gasteiger partial charge in [0, 0.05) is 12.8 Å². The molecule has 0 spiro atoms. The molecule has 0 fully saturated rings. The summed E-state index contributed by atoms with van der Waals surface area (Å²) in [5, 5.41) is 8.65. The molecule has 0 rings (SSSR count). The van der Waals surface area contributed by atoms with Crippen LogP contribution >= 0.6 is 0 Å². The number of unbranched alkanes of at least 4 members (excludes halogenated alkanes) is 28. The molecule has 0 bridgehead atoms. The number of rotatable bonds is 39. The number of hydrogen-bond acceptors (Lipinski definition) is 3. The Morgan fingerprint density at radius 1 is 0.479 bits per heavy atom. The van der Waals surface area contributed by atoms with E-state index in [2.05, 4.69) is 38.2 Å². The number of carbonyl (C=O) groups is 2. The highest BCUT2D eigenvalue weighted by atomic mass is 16.5. The zero-order valence-corrected chi connectivity index (χ0v) is 32.3. The molecule has 282 valence electrons. The van der Waals surface area contributed by atoms with Gasteiger partial charge in [0.25, 0.3) is 0 Å². The minimum absolute atomic E-state index is 0.00418. The van der Waals surface area contributed by atoms with Crippen LogP contribution in [0.15, 0.2) is 24.3 Å². The Balaban J connectivity index is 3.31. The maximum Gasteiger partial charge on any atom is 0.306 e. The highest BCUT2D eigenvalue weighted by Gasteiger charge is 2.09. The standard InChI is InChI=1S/C44H82O4/c1-3-4-5-6-7-8-9-10-11-12-13-17-20-23-26-29-32-35-38-41-44(47)48-42(2)39-36-33-30-27-24-21-18-15-14-16-19-22-25-28-31-34-37-40-43(45)46/h7-8,10-11,42H,3-6,9,12-41H2,1-2H3,(H,45,46)/b8-7-,11-10-. The third-order valence-corrected chi connectivity index (χ3v) is 9.67. The van der Waals surface area contributed by atoms with Crippen molar-refractivity contribution >= 4 is 11.9 Å². The zero-order valence-electron chi connectivity index (χ0n) is 32.3. The normalized spacial score (nSPS) is 12.4. The molecule has 0 saturated carbocycles. The Morgan fingerprint density at radius 2 is 0.833 bits per heavy atom. The number of allylic oxidation sites excluding steroid dienone is 4. The van der Waals surface area contributed by atoms with E-state index in [1.165, 1.54) is 173 Å². The molecule has 4 nitrogen and oxygen atoms in total. The topological polar surface area (TPSA) is 63.6 Å². The largest absolute Gasteiger partial charge is 0.481 e. The molecule has 0 amide bonds. The van der Waals surface area contributed by atoms with Gasteiger partial charge in [0.1, 0.15) is 0 Å². The van der Waals surface area contributed by atoms with Gasteiger partial charge in [-0.2, -0.15) is 0 Å². The Hall–Kier alpha value is -1.58. The molecule has 48 heavy (non-hydrogen) atoms. The highest BCUT2D eigenvalue weighted by Crippen LogP contribution is 2.16. The molecule has 1 unspecified atom stereocenters. The third kappa shape index (κ3) is 40.6. The second kappa shape index (κ2) is 39.9. The fraction of sp³-hybridized carbons (Fsp3) is 0.864. The lowest BCUT2D eigenvalue weighted by molar-refractivity contribution is -0.148. The lowest BCUT2D eigenvalue weighted by atomic mass is 10.0. The molecule has 0 radical (unpaired) electrons. The average Bonchev–Trinajstić information content (AvgIpc) is 3.06. The van der Waals surface area contributed by atoms with Gasteiger partial charge in [0.2, 0.25) is 0 Å². The molecule has 0 saturated heterocycles. The van der Waals surface area contributed by atoms with Gasteiger partial charge in [0.15, 0.2) is 0 Å². The Bertz CT molecular complexity index is 727. The predicted octanol–water partition coefficient (Wildman–Crippen LogP) is 14.8. The van der Waals surface area contributed by atoms with Crippen LogP contribution in [0.5, 0.6) is 0 Å². The van der Waals surface area contributed by atoms with Crippen molar-refractivity contribution in [2.24, 2.45) is 0 Å². The first-order valence-corrected chi connectivity index (χ1v) is 21.3. The van der Waals surface area contributed by atoms with Crippen LogP contribution in [0, 0.1) is 0 Å². The molecule has 0 aromatic carbocycles. The third-order valence-electron chi connectivity index (χ3n) is 9.67. The van der Waals surface area contributed by atoms with Crippen molar-refractivity contribution in [2.75, 3.05) is 0 Å². The van der Waals surface area contributed by atoms with Crippen LogP contribution < -0.4 is 0 Å². The first kappa shape index (κ1) is 46.4. The number of carbonyl (C=O) groups excluding carboxylic acids is 1. The SMILES string of the molecule is CCCCC/C=C\C/C=C\CCCCCCCCCCCC(=O)OC(C)CCCCCCCCCCCCCCCCCCCC(=O)O. The van der Waals surface area contributed by atoms with E-state index in [-0.39, 0.29) is 12.1 Å². The van der Waals surface area contributed by atoms with Gasteiger partial charge in [-0.1, -0.05) is 185 Å². The molecule has 1 atom stereocenters. The molecule has 4 heteroatoms. The van der Waals surface area contributed by atoms with Gasteiger partial charge in [-0.25, -0.2) is 0 Å². The number of carboxylic acid groups (broad SMARTS) is 1. The second-order valence-electron chi connectivity index (χ2n) is 14.6. The van der Waals surface area contributed by atoms with Gasteiger partial charge in [-0.3, -0.25) is 9.59 Å². The fourth-order valence-corrected chi connectivity index (χ4v) is 6.49. The summed E-state index contributed by atoms with van der Waals surface area (Å²) in [5.41, 5.74) is 0. The first-order chi connectivity index (χ1) is 23.6. The van der Waals surface area contributed by atoms with Gasteiger partial charge in [-0.15, -0.1) is 0 Å². The molecule has 0 aliphatic heterocycles. The van der Waals surface area contributed by atoms with E-state index < -0.39 is 5.97 Å². The van der Waals surface area contributed by atoms with Gasteiger partial charge in [-0.05, 0) is 64.7 Å². The monoisotopic (exact) mass is 675 g/mol. The number of esters is 1. The smallest absolute Gasteiger partial charge is 0.306 e. The van der Waals surface area contributed by atoms with Crippen LogP contribution in [-0.4, -0.2) is 23.1 Å². The fourth-order valence-electron chi connectivity index (χ4n) is 6.49. The van der Waals surface area contributed by atoms with Crippen molar-refractivity contribution < 1.29 is 19.4 Å². The lowest BCUT2D eigenvalue weighted by Gasteiger charge is -2.13. The molecule has 1 N–H and O–H groups in total. The Kier molecular flexibility index (Phi) is 38.5. The molecular formula is C44H82O4. The van der Waals surface area contributed by atoms with Crippen molar-refractivity contribution in [2.45, 2.75) is 245 Å². The minimum Gasteiger partial charge on any atom is -0.481 e. The number of aliphatic carboxylic acids is 1. The van der Waals surface area contributed by atoms with E-state index in [4.69, 9.17) is 9.84 Å². The van der Waals surface area contributed by atoms with E-state index >= 15 is 0 Å². The van der Waals surface area contributed by atoms with Crippen LogP contribution in [0.4, 0.5) is 0 Å². The number of carboxylic acids is 1. The summed E-state index contributed by atoms with van der Waals surface area (Å²) >= 11 is 0. The summed E-state index contributed by atoms with van der Waals surface area (Å²) in [6.45, 7) is 4.32. The van der Waals surface area contributed by atoms with E-state index in [9.17, 15) is 9.59 Å². The maximum absolute atomic E-state index is 12.2. The van der Waals surface area contributed by atoms with Crippen LogP contribution in [-0.2, 0) is 14.3 Å². The molecule has 0 aliphatic carbocycles. The summed E-state index contributed by atoms with van der Waals surface area (Å²) in [6, 6.07) is 0. The maximum atomic E-state index is 12.2. The van der Waals surface area contributed by atoms with E-state index in [0.29, 0.717) is 12.8 Å². The van der Waals surface area contributed by atoms with Crippen LogP contribution in [0.25, 0.3) is 0 Å². The van der Waals surface area contributed by atoms with Gasteiger partial charge >= 0.3 is 11.9 Å². The van der Waals surface area contributed by atoms with Gasteiger partial charge < -0.3 is 9.84 Å². The van der Waals surface area contributed by atoms with Crippen molar-refractivity contribution in [1.29, 1.82) is 0 Å². The molecule has 0 aliphatic rings. The van der Waals surface area contributed by atoms with Gasteiger partial charge in [0.05, 0.1) is 6.10 Å². The summed E-state index contributed by atoms with van der Waals surface area (Å²) in [6.07, 6.45) is 52.0. The lowest BCUT2D eigenvalue weighted by Crippen LogP contribution is -2.14. The minimum atomic E-state index is -0.662. The Morgan fingerprint density at radius 3 is 1.25 bits per heavy atom. The quantitative estimate of drug-likeness (QED) is 0.0400. The van der Waals surface area contributed by atoms with E-state index in [0.717, 1.165) is 38.5 Å². The zero-order chi connectivity index (χ0) is 35.0. The van der Waals surface area contributed by atoms with Crippen molar-refractivity contribution in [1.82, 2.24) is 0 Å².